The van der Waals surface area contributed by atoms with Crippen molar-refractivity contribution in [2.24, 2.45) is 0 Å². The lowest BCUT2D eigenvalue weighted by Crippen LogP contribution is -3.11. The lowest BCUT2D eigenvalue weighted by atomic mass is 10.0. The Hall–Kier alpha value is -2.66. The van der Waals surface area contributed by atoms with E-state index in [0.717, 1.165) is 33.6 Å². The maximum Gasteiger partial charge on any atom is 0.336 e. The number of ether oxygens (including phenoxy) is 1. The SMILES string of the molecule is CCc1cc(=O)oc2c3c(ccc12)OC[NH+](Cc1ccccc1F)C3. The molecule has 0 aliphatic carbocycles. The first-order chi connectivity index (χ1) is 12.2. The van der Waals surface area contributed by atoms with E-state index in [0.29, 0.717) is 31.0 Å². The Morgan fingerprint density at radius 3 is 2.80 bits per heavy atom. The third-order valence-electron chi connectivity index (χ3n) is 4.70. The van der Waals surface area contributed by atoms with Gasteiger partial charge in [-0.25, -0.2) is 9.18 Å². The minimum atomic E-state index is -0.348. The van der Waals surface area contributed by atoms with Gasteiger partial charge in [0.15, 0.2) is 5.58 Å². The van der Waals surface area contributed by atoms with E-state index in [4.69, 9.17) is 9.15 Å². The van der Waals surface area contributed by atoms with Gasteiger partial charge in [0.1, 0.15) is 24.7 Å². The van der Waals surface area contributed by atoms with Crippen LogP contribution in [0.5, 0.6) is 5.75 Å². The van der Waals surface area contributed by atoms with Crippen molar-refractivity contribution in [2.45, 2.75) is 26.4 Å². The van der Waals surface area contributed by atoms with Gasteiger partial charge in [0, 0.05) is 17.0 Å². The molecule has 2 heterocycles. The highest BCUT2D eigenvalue weighted by molar-refractivity contribution is 5.85. The van der Waals surface area contributed by atoms with E-state index in [-0.39, 0.29) is 11.4 Å². The monoisotopic (exact) mass is 340 g/mol. The molecule has 0 amide bonds. The van der Waals surface area contributed by atoms with E-state index in [2.05, 4.69) is 0 Å². The molecule has 0 saturated heterocycles. The molecule has 5 heteroatoms. The Kier molecular flexibility index (Phi) is 4.01. The summed E-state index contributed by atoms with van der Waals surface area (Å²) >= 11 is 0. The van der Waals surface area contributed by atoms with Gasteiger partial charge in [-0.3, -0.25) is 4.90 Å². The first-order valence-electron chi connectivity index (χ1n) is 8.44. The number of fused-ring (bicyclic) bond motifs is 3. The molecule has 1 atom stereocenters. The molecule has 1 N–H and O–H groups in total. The summed E-state index contributed by atoms with van der Waals surface area (Å²) in [6, 6.07) is 12.2. The maximum atomic E-state index is 13.9. The molecule has 0 bridgehead atoms. The Morgan fingerprint density at radius 1 is 1.16 bits per heavy atom. The van der Waals surface area contributed by atoms with Crippen LogP contribution < -0.4 is 15.3 Å². The highest BCUT2D eigenvalue weighted by Gasteiger charge is 2.25. The molecule has 4 nitrogen and oxygen atoms in total. The number of rotatable bonds is 3. The standard InChI is InChI=1S/C20H18FNO3/c1-2-13-9-19(23)25-20-15(13)7-8-18-16(20)11-22(12-24-18)10-14-5-3-4-6-17(14)21/h3-9H,2,10-12H2,1H3/p+1. The Morgan fingerprint density at radius 2 is 2.00 bits per heavy atom. The van der Waals surface area contributed by atoms with Crippen LogP contribution in [0.25, 0.3) is 11.0 Å². The smallest absolute Gasteiger partial charge is 0.336 e. The van der Waals surface area contributed by atoms with E-state index < -0.39 is 0 Å². The van der Waals surface area contributed by atoms with E-state index in [9.17, 15) is 9.18 Å². The fraction of sp³-hybridized carbons (Fsp3) is 0.250. The van der Waals surface area contributed by atoms with Gasteiger partial charge in [-0.1, -0.05) is 25.1 Å². The van der Waals surface area contributed by atoms with Crippen molar-refractivity contribution in [2.75, 3.05) is 6.73 Å². The lowest BCUT2D eigenvalue weighted by molar-refractivity contribution is -0.945. The van der Waals surface area contributed by atoms with Crippen LogP contribution >= 0.6 is 0 Å². The fourth-order valence-corrected chi connectivity index (χ4v) is 3.43. The van der Waals surface area contributed by atoms with Crippen LogP contribution in [0.2, 0.25) is 0 Å². The molecule has 0 fully saturated rings. The Balaban J connectivity index is 1.73. The maximum absolute atomic E-state index is 13.9. The molecule has 3 aromatic rings. The molecule has 128 valence electrons. The summed E-state index contributed by atoms with van der Waals surface area (Å²) in [6.45, 7) is 3.60. The molecule has 1 unspecified atom stereocenters. The van der Waals surface area contributed by atoms with Crippen molar-refractivity contribution in [1.82, 2.24) is 0 Å². The minimum absolute atomic E-state index is 0.210. The highest BCUT2D eigenvalue weighted by atomic mass is 19.1. The largest absolute Gasteiger partial charge is 0.445 e. The fourth-order valence-electron chi connectivity index (χ4n) is 3.43. The normalized spacial score (nSPS) is 16.5. The molecule has 0 radical (unpaired) electrons. The van der Waals surface area contributed by atoms with Gasteiger partial charge in [0.05, 0.1) is 5.56 Å². The molecule has 1 aliphatic rings. The summed E-state index contributed by atoms with van der Waals surface area (Å²) in [5, 5.41) is 0.941. The predicted octanol–water partition coefficient (Wildman–Crippen LogP) is 2.43. The summed E-state index contributed by atoms with van der Waals surface area (Å²) < 4.78 is 25.3. The van der Waals surface area contributed by atoms with E-state index in [1.165, 1.54) is 6.07 Å². The summed E-state index contributed by atoms with van der Waals surface area (Å²) in [6.07, 6.45) is 0.757. The molecular weight excluding hydrogens is 321 g/mol. The Labute approximate surface area is 144 Å². The second-order valence-corrected chi connectivity index (χ2v) is 6.35. The van der Waals surface area contributed by atoms with Gasteiger partial charge in [-0.2, -0.15) is 0 Å². The zero-order chi connectivity index (χ0) is 17.4. The quantitative estimate of drug-likeness (QED) is 0.745. The molecule has 1 aromatic heterocycles. The van der Waals surface area contributed by atoms with Gasteiger partial charge >= 0.3 is 5.63 Å². The zero-order valence-electron chi connectivity index (χ0n) is 14.0. The van der Waals surface area contributed by atoms with E-state index in [1.54, 1.807) is 18.2 Å². The molecular formula is C20H19FNO3+. The summed E-state index contributed by atoms with van der Waals surface area (Å²) in [7, 11) is 0. The summed E-state index contributed by atoms with van der Waals surface area (Å²) in [5.41, 5.74) is 2.74. The van der Waals surface area contributed by atoms with Gasteiger partial charge < -0.3 is 9.15 Å². The van der Waals surface area contributed by atoms with Crippen molar-refractivity contribution in [1.29, 1.82) is 0 Å². The van der Waals surface area contributed by atoms with Crippen LogP contribution in [-0.2, 0) is 19.5 Å². The highest BCUT2D eigenvalue weighted by Crippen LogP contribution is 2.30. The molecule has 25 heavy (non-hydrogen) atoms. The van der Waals surface area contributed by atoms with Gasteiger partial charge in [0.2, 0.25) is 6.73 Å². The van der Waals surface area contributed by atoms with Crippen molar-refractivity contribution in [3.05, 3.63) is 75.4 Å². The van der Waals surface area contributed by atoms with Crippen LogP contribution in [0.15, 0.2) is 51.7 Å². The first-order valence-corrected chi connectivity index (χ1v) is 8.44. The third-order valence-corrected chi connectivity index (χ3v) is 4.70. The predicted molar refractivity (Wildman–Crippen MR) is 92.1 cm³/mol. The van der Waals surface area contributed by atoms with Crippen molar-refractivity contribution in [3.8, 4) is 5.75 Å². The van der Waals surface area contributed by atoms with Crippen LogP contribution in [0.3, 0.4) is 0 Å². The van der Waals surface area contributed by atoms with Crippen LogP contribution in [0.1, 0.15) is 23.6 Å². The van der Waals surface area contributed by atoms with Crippen molar-refractivity contribution in [3.63, 3.8) is 0 Å². The minimum Gasteiger partial charge on any atom is -0.445 e. The second-order valence-electron chi connectivity index (χ2n) is 6.35. The third kappa shape index (κ3) is 2.91. The molecule has 2 aromatic carbocycles. The lowest BCUT2D eigenvalue weighted by Gasteiger charge is -2.26. The van der Waals surface area contributed by atoms with E-state index >= 15 is 0 Å². The molecule has 1 aliphatic heterocycles. The topological polar surface area (TPSA) is 43.9 Å². The summed E-state index contributed by atoms with van der Waals surface area (Å²) in [5.74, 6) is 0.528. The number of halogens is 1. The van der Waals surface area contributed by atoms with Crippen molar-refractivity contribution >= 4 is 11.0 Å². The average molecular weight is 340 g/mol. The number of quaternary nitrogens is 1. The molecule has 0 saturated carbocycles. The van der Waals surface area contributed by atoms with Crippen LogP contribution in [0, 0.1) is 5.82 Å². The molecule has 4 rings (SSSR count). The van der Waals surface area contributed by atoms with Crippen LogP contribution in [-0.4, -0.2) is 6.73 Å². The van der Waals surface area contributed by atoms with Gasteiger partial charge in [0.25, 0.3) is 0 Å². The number of aryl methyl sites for hydroxylation is 1. The number of hydrogen-bond acceptors (Lipinski definition) is 3. The number of hydrogen-bond donors (Lipinski definition) is 1. The van der Waals surface area contributed by atoms with Gasteiger partial charge in [-0.05, 0) is 30.2 Å². The number of benzene rings is 2. The van der Waals surface area contributed by atoms with Gasteiger partial charge in [-0.15, -0.1) is 0 Å². The average Bonchev–Trinajstić information content (AvgIpc) is 2.63. The summed E-state index contributed by atoms with van der Waals surface area (Å²) in [4.78, 5) is 13.0. The number of nitrogens with one attached hydrogen (secondary N) is 1. The van der Waals surface area contributed by atoms with Crippen molar-refractivity contribution < 1.29 is 18.4 Å². The van der Waals surface area contributed by atoms with Crippen LogP contribution in [0.4, 0.5) is 4.39 Å². The zero-order valence-corrected chi connectivity index (χ0v) is 14.0. The Bertz CT molecular complexity index is 996. The first kappa shape index (κ1) is 15.8. The second kappa shape index (κ2) is 6.33. The molecule has 0 spiro atoms. The van der Waals surface area contributed by atoms with E-state index in [1.807, 2.05) is 25.1 Å².